The summed E-state index contributed by atoms with van der Waals surface area (Å²) in [5.74, 6) is -0.435. The van der Waals surface area contributed by atoms with Gasteiger partial charge in [0.05, 0.1) is 5.02 Å². The molecule has 0 aliphatic rings. The molecule has 2 heterocycles. The number of fused-ring (bicyclic) bond motifs is 1. The predicted octanol–water partition coefficient (Wildman–Crippen LogP) is 3.58. The molecule has 148 valence electrons. The number of nitrogens with zero attached hydrogens (tertiary/aromatic N) is 3. The molecule has 1 N–H and O–H groups in total. The van der Waals surface area contributed by atoms with Gasteiger partial charge in [0.25, 0.3) is 5.91 Å². The average Bonchev–Trinajstić information content (AvgIpc) is 3.07. The molecule has 28 heavy (non-hydrogen) atoms. The Morgan fingerprint density at radius 1 is 1.21 bits per heavy atom. The van der Waals surface area contributed by atoms with Gasteiger partial charge < -0.3 is 9.72 Å². The predicted molar refractivity (Wildman–Crippen MR) is 109 cm³/mol. The number of carbonyl (C=O) groups excluding carboxylic acids is 1. The summed E-state index contributed by atoms with van der Waals surface area (Å²) in [4.78, 5) is 16.9. The second-order valence-electron chi connectivity index (χ2n) is 6.28. The molecule has 3 aromatic rings. The van der Waals surface area contributed by atoms with Gasteiger partial charge in [-0.15, -0.1) is 0 Å². The van der Waals surface area contributed by atoms with E-state index in [-0.39, 0.29) is 15.6 Å². The molecule has 0 fully saturated rings. The maximum Gasteiger partial charge on any atom is 0.275 e. The van der Waals surface area contributed by atoms with Gasteiger partial charge in [-0.2, -0.15) is 4.31 Å². The van der Waals surface area contributed by atoms with Gasteiger partial charge in [0.1, 0.15) is 16.2 Å². The quantitative estimate of drug-likeness (QED) is 0.660. The van der Waals surface area contributed by atoms with Crippen molar-refractivity contribution in [2.24, 2.45) is 0 Å². The van der Waals surface area contributed by atoms with Crippen molar-refractivity contribution >= 4 is 38.9 Å². The molecular weight excluding hydrogens is 400 g/mol. The van der Waals surface area contributed by atoms with Crippen LogP contribution in [-0.2, 0) is 10.0 Å². The summed E-state index contributed by atoms with van der Waals surface area (Å²) in [7, 11) is -3.75. The number of hydrogen-bond donors (Lipinski definition) is 1. The maximum atomic E-state index is 12.8. The summed E-state index contributed by atoms with van der Waals surface area (Å²) in [6.07, 6.45) is 3.44. The highest BCUT2D eigenvalue weighted by atomic mass is 35.5. The minimum absolute atomic E-state index is 0.0405. The Bertz CT molecular complexity index is 1140. The summed E-state index contributed by atoms with van der Waals surface area (Å²) < 4.78 is 28.6. The van der Waals surface area contributed by atoms with Gasteiger partial charge in [0.15, 0.2) is 0 Å². The van der Waals surface area contributed by atoms with Crippen LogP contribution in [0.4, 0.5) is 5.69 Å². The van der Waals surface area contributed by atoms with Crippen LogP contribution in [-0.4, -0.2) is 41.1 Å². The van der Waals surface area contributed by atoms with Gasteiger partial charge in [-0.1, -0.05) is 25.4 Å². The molecular formula is C19H21ClN4O3S. The van der Waals surface area contributed by atoms with Crippen LogP contribution in [0.3, 0.4) is 0 Å². The second kappa shape index (κ2) is 7.90. The number of benzene rings is 1. The fourth-order valence-corrected chi connectivity index (χ4v) is 4.83. The van der Waals surface area contributed by atoms with E-state index in [0.717, 1.165) is 5.56 Å². The van der Waals surface area contributed by atoms with Crippen molar-refractivity contribution < 1.29 is 13.2 Å². The Hall–Kier alpha value is -2.42. The second-order valence-corrected chi connectivity index (χ2v) is 8.60. The number of hydrogen-bond acceptors (Lipinski definition) is 4. The SMILES string of the molecule is CCN(CC)S(=O)(=O)c1cc(NC(=O)c2cn3ccc(C)cc3n2)ccc1Cl. The highest BCUT2D eigenvalue weighted by Gasteiger charge is 2.25. The number of anilines is 1. The molecule has 3 rings (SSSR count). The average molecular weight is 421 g/mol. The first kappa shape index (κ1) is 20.3. The number of pyridine rings is 1. The third-order valence-electron chi connectivity index (χ3n) is 4.36. The van der Waals surface area contributed by atoms with Crippen molar-refractivity contribution in [1.82, 2.24) is 13.7 Å². The molecule has 0 atom stereocenters. The van der Waals surface area contributed by atoms with E-state index in [9.17, 15) is 13.2 Å². The number of amides is 1. The van der Waals surface area contributed by atoms with Crippen molar-refractivity contribution in [3.8, 4) is 0 Å². The molecule has 0 aliphatic carbocycles. The van der Waals surface area contributed by atoms with E-state index in [4.69, 9.17) is 11.6 Å². The number of rotatable bonds is 6. The number of aromatic nitrogens is 2. The van der Waals surface area contributed by atoms with E-state index in [2.05, 4.69) is 10.3 Å². The standard InChI is InChI=1S/C19H21ClN4O3S/c1-4-24(5-2)28(26,27)17-11-14(6-7-15(17)20)21-19(25)16-12-23-9-8-13(3)10-18(23)22-16/h6-12H,4-5H2,1-3H3,(H,21,25). The summed E-state index contributed by atoms with van der Waals surface area (Å²) in [6.45, 7) is 6.11. The van der Waals surface area contributed by atoms with Crippen LogP contribution < -0.4 is 5.32 Å². The summed E-state index contributed by atoms with van der Waals surface area (Å²) in [5, 5.41) is 2.80. The van der Waals surface area contributed by atoms with E-state index in [0.29, 0.717) is 24.4 Å². The normalized spacial score (nSPS) is 11.9. The minimum atomic E-state index is -3.75. The van der Waals surface area contributed by atoms with E-state index in [1.807, 2.05) is 25.3 Å². The van der Waals surface area contributed by atoms with Crippen molar-refractivity contribution in [3.05, 3.63) is 59.0 Å². The number of halogens is 1. The summed E-state index contributed by atoms with van der Waals surface area (Å²) in [5.41, 5.74) is 2.25. The van der Waals surface area contributed by atoms with Crippen LogP contribution in [0.5, 0.6) is 0 Å². The van der Waals surface area contributed by atoms with Crippen molar-refractivity contribution in [3.63, 3.8) is 0 Å². The third-order valence-corrected chi connectivity index (χ3v) is 6.89. The van der Waals surface area contributed by atoms with E-state index in [1.165, 1.54) is 16.4 Å². The van der Waals surface area contributed by atoms with E-state index < -0.39 is 15.9 Å². The zero-order chi connectivity index (χ0) is 20.5. The molecule has 0 aliphatic heterocycles. The van der Waals surface area contributed by atoms with Crippen LogP contribution in [0.2, 0.25) is 5.02 Å². The fourth-order valence-electron chi connectivity index (χ4n) is 2.87. The monoisotopic (exact) mass is 420 g/mol. The summed E-state index contributed by atoms with van der Waals surface area (Å²) in [6, 6.07) is 8.17. The molecule has 0 unspecified atom stereocenters. The molecule has 1 amide bonds. The zero-order valence-electron chi connectivity index (χ0n) is 15.8. The molecule has 0 bridgehead atoms. The molecule has 0 radical (unpaired) electrons. The smallest absolute Gasteiger partial charge is 0.275 e. The number of sulfonamides is 1. The lowest BCUT2D eigenvalue weighted by atomic mass is 10.3. The van der Waals surface area contributed by atoms with Gasteiger partial charge >= 0.3 is 0 Å². The molecule has 0 saturated heterocycles. The molecule has 0 spiro atoms. The fraction of sp³-hybridized carbons (Fsp3) is 0.263. The van der Waals surface area contributed by atoms with Gasteiger partial charge in [-0.3, -0.25) is 4.79 Å². The van der Waals surface area contributed by atoms with Crippen LogP contribution in [0.1, 0.15) is 29.9 Å². The molecule has 9 heteroatoms. The van der Waals surface area contributed by atoms with Crippen molar-refractivity contribution in [2.45, 2.75) is 25.7 Å². The zero-order valence-corrected chi connectivity index (χ0v) is 17.4. The Morgan fingerprint density at radius 2 is 1.93 bits per heavy atom. The molecule has 7 nitrogen and oxygen atoms in total. The lowest BCUT2D eigenvalue weighted by Crippen LogP contribution is -2.30. The number of imidazole rings is 1. The first-order valence-electron chi connectivity index (χ1n) is 8.82. The molecule has 1 aromatic carbocycles. The van der Waals surface area contributed by atoms with Gasteiger partial charge in [-0.05, 0) is 42.8 Å². The Morgan fingerprint density at radius 3 is 2.61 bits per heavy atom. The van der Waals surface area contributed by atoms with E-state index in [1.54, 1.807) is 30.5 Å². The van der Waals surface area contributed by atoms with Crippen LogP contribution in [0, 0.1) is 6.92 Å². The van der Waals surface area contributed by atoms with Crippen LogP contribution in [0.25, 0.3) is 5.65 Å². The van der Waals surface area contributed by atoms with Crippen LogP contribution in [0.15, 0.2) is 47.6 Å². The largest absolute Gasteiger partial charge is 0.321 e. The summed E-state index contributed by atoms with van der Waals surface area (Å²) >= 11 is 6.13. The highest BCUT2D eigenvalue weighted by molar-refractivity contribution is 7.89. The third kappa shape index (κ3) is 3.89. The lowest BCUT2D eigenvalue weighted by Gasteiger charge is -2.19. The van der Waals surface area contributed by atoms with Gasteiger partial charge in [0.2, 0.25) is 10.0 Å². The minimum Gasteiger partial charge on any atom is -0.321 e. The molecule has 2 aromatic heterocycles. The Labute approximate surface area is 169 Å². The highest BCUT2D eigenvalue weighted by Crippen LogP contribution is 2.28. The topological polar surface area (TPSA) is 83.8 Å². The van der Waals surface area contributed by atoms with Crippen molar-refractivity contribution in [2.75, 3.05) is 18.4 Å². The molecule has 0 saturated carbocycles. The number of aryl methyl sites for hydroxylation is 1. The van der Waals surface area contributed by atoms with Gasteiger partial charge in [0, 0.05) is 31.2 Å². The van der Waals surface area contributed by atoms with E-state index >= 15 is 0 Å². The maximum absolute atomic E-state index is 12.8. The Balaban J connectivity index is 1.91. The lowest BCUT2D eigenvalue weighted by molar-refractivity contribution is 0.102. The van der Waals surface area contributed by atoms with Crippen molar-refractivity contribution in [1.29, 1.82) is 0 Å². The first-order valence-corrected chi connectivity index (χ1v) is 10.6. The number of nitrogens with one attached hydrogen (secondary N) is 1. The van der Waals surface area contributed by atoms with Crippen LogP contribution >= 0.6 is 11.6 Å². The van der Waals surface area contributed by atoms with Gasteiger partial charge in [-0.25, -0.2) is 13.4 Å². The Kier molecular flexibility index (Phi) is 5.74. The number of carbonyl (C=O) groups is 1. The first-order chi connectivity index (χ1) is 13.3.